The molecule has 0 N–H and O–H groups in total. The lowest BCUT2D eigenvalue weighted by Crippen LogP contribution is -2.41. The average Bonchev–Trinajstić information content (AvgIpc) is 1.53. The number of carbonyl (C=O) groups excluding carboxylic acids is 1. The molecule has 2 aliphatic carbocycles. The average molecular weight is 1750 g/mol. The van der Waals surface area contributed by atoms with Gasteiger partial charge in [-0.3, -0.25) is 4.79 Å². The Morgan fingerprint density at radius 1 is 0.333 bits per heavy atom. The summed E-state index contributed by atoms with van der Waals surface area (Å²) in [4.78, 5) is 14.3. The maximum absolute atomic E-state index is 12.0. The van der Waals surface area contributed by atoms with E-state index in [4.69, 9.17) is 18.6 Å². The van der Waals surface area contributed by atoms with Crippen LogP contribution in [0.3, 0.4) is 0 Å². The molecular weight excluding hydrogens is 1620 g/mol. The quantitative estimate of drug-likeness (QED) is 0.0220. The summed E-state index contributed by atoms with van der Waals surface area (Å²) < 4.78 is 29.6. The Morgan fingerprint density at radius 2 is 0.604 bits per heavy atom. The standard InChI is InChI=1S/C52H76Br2.C34H45B2NO4.C13H8Br2O/c1-5-9-13-17-21-25-33-51(34-26-22-18-14-10-6-2)47-37-41(53)29-31-43(47)45-40-50-46(39-49(45)51)44-32-30-42(54)38-48(44)52(50,35-27-23-19-15-11-7-3)36-28-24-20-16-12-8-4;1-11-24(2)25-12-18-28(19-13-25)37(29-20-14-26(15-21-29)35-38-31(3,4)32(5,6)39-35)30-22-16-27(17-23-30)36-40-33(7,8)34(9,10)41-36;14-11-5-1-9(2-6-11)13(16)10-3-7-12(15)8-4-10/h29-32,37-40H,5-28,33-36H2,1-4H3;12-24H,11H2,1-10H3;1-8H. The number of hydrogen-bond donors (Lipinski definition) is 0. The normalized spacial score (nSPS) is 16.4. The van der Waals surface area contributed by atoms with Crippen LogP contribution in [0, 0.1) is 0 Å². The molecule has 1 atom stereocenters. The van der Waals surface area contributed by atoms with Crippen molar-refractivity contribution in [2.75, 3.05) is 4.90 Å². The number of hydrogen-bond acceptors (Lipinski definition) is 6. The molecular formula is C99H129B2Br4NO5. The van der Waals surface area contributed by atoms with E-state index in [1.54, 1.807) is 33.4 Å². The predicted molar refractivity (Wildman–Crippen MR) is 489 cm³/mol. The number of halogens is 4. The second kappa shape index (κ2) is 40.8. The van der Waals surface area contributed by atoms with E-state index in [1.807, 2.05) is 48.5 Å². The summed E-state index contributed by atoms with van der Waals surface area (Å²) in [5, 5.41) is 0. The van der Waals surface area contributed by atoms with Crippen molar-refractivity contribution < 1.29 is 23.4 Å². The highest BCUT2D eigenvalue weighted by atomic mass is 79.9. The third-order valence-electron chi connectivity index (χ3n) is 25.5. The van der Waals surface area contributed by atoms with Gasteiger partial charge in [0.1, 0.15) is 0 Å². The smallest absolute Gasteiger partial charge is 0.399 e. The van der Waals surface area contributed by atoms with Gasteiger partial charge in [0.25, 0.3) is 0 Å². The highest BCUT2D eigenvalue weighted by Gasteiger charge is 2.54. The summed E-state index contributed by atoms with van der Waals surface area (Å²) in [7, 11) is -0.784. The fraction of sp³-hybridized carbons (Fsp3) is 0.505. The molecule has 8 aromatic carbocycles. The van der Waals surface area contributed by atoms with Gasteiger partial charge in [-0.15, -0.1) is 0 Å². The van der Waals surface area contributed by atoms with E-state index in [9.17, 15) is 4.79 Å². The molecule has 0 spiro atoms. The van der Waals surface area contributed by atoms with Gasteiger partial charge in [-0.1, -0.05) is 308 Å². The van der Waals surface area contributed by atoms with Crippen LogP contribution in [0.15, 0.2) is 188 Å². The first-order valence-corrected chi connectivity index (χ1v) is 46.1. The van der Waals surface area contributed by atoms with Gasteiger partial charge >= 0.3 is 14.2 Å². The van der Waals surface area contributed by atoms with Gasteiger partial charge in [0.05, 0.1) is 22.4 Å². The minimum Gasteiger partial charge on any atom is -0.399 e. The van der Waals surface area contributed by atoms with E-state index in [0.29, 0.717) is 17.0 Å². The van der Waals surface area contributed by atoms with Gasteiger partial charge in [-0.05, 0) is 276 Å². The zero-order valence-electron chi connectivity index (χ0n) is 69.9. The number of rotatable bonds is 37. The molecule has 0 bridgehead atoms. The summed E-state index contributed by atoms with van der Waals surface area (Å²) in [6, 6.07) is 60.9. The van der Waals surface area contributed by atoms with Crippen LogP contribution in [0.4, 0.5) is 17.1 Å². The number of ketones is 1. The summed E-state index contributed by atoms with van der Waals surface area (Å²) in [6.45, 7) is 30.5. The highest BCUT2D eigenvalue weighted by molar-refractivity contribution is 9.11. The molecule has 0 radical (unpaired) electrons. The van der Waals surface area contributed by atoms with E-state index < -0.39 is 14.2 Å². The second-order valence-electron chi connectivity index (χ2n) is 34.5. The zero-order valence-corrected chi connectivity index (χ0v) is 76.2. The fourth-order valence-corrected chi connectivity index (χ4v) is 18.4. The van der Waals surface area contributed by atoms with Crippen molar-refractivity contribution in [2.24, 2.45) is 0 Å². The van der Waals surface area contributed by atoms with Gasteiger partial charge < -0.3 is 23.5 Å². The van der Waals surface area contributed by atoms with E-state index in [0.717, 1.165) is 43.4 Å². The summed E-state index contributed by atoms with van der Waals surface area (Å²) in [5.74, 6) is 0.566. The summed E-state index contributed by atoms with van der Waals surface area (Å²) >= 11 is 14.6. The fourth-order valence-electron chi connectivity index (χ4n) is 17.1. The molecule has 2 aliphatic heterocycles. The molecule has 12 heteroatoms. The first-order valence-electron chi connectivity index (χ1n) is 42.9. The van der Waals surface area contributed by atoms with Crippen molar-refractivity contribution in [1.29, 1.82) is 0 Å². The molecule has 594 valence electrons. The van der Waals surface area contributed by atoms with Crippen molar-refractivity contribution in [1.82, 2.24) is 0 Å². The lowest BCUT2D eigenvalue weighted by molar-refractivity contribution is 0.00578. The molecule has 6 nitrogen and oxygen atoms in total. The van der Waals surface area contributed by atoms with E-state index >= 15 is 0 Å². The van der Waals surface area contributed by atoms with Crippen LogP contribution in [-0.2, 0) is 29.4 Å². The first-order chi connectivity index (χ1) is 53.3. The first kappa shape index (κ1) is 88.5. The molecule has 1 unspecified atom stereocenters. The lowest BCUT2D eigenvalue weighted by Gasteiger charge is -2.35. The molecule has 0 saturated carbocycles. The van der Waals surface area contributed by atoms with E-state index in [1.165, 1.54) is 205 Å². The lowest BCUT2D eigenvalue weighted by atomic mass is 9.68. The minimum atomic E-state index is -0.392. The number of benzene rings is 8. The van der Waals surface area contributed by atoms with Crippen LogP contribution < -0.4 is 15.8 Å². The summed E-state index contributed by atoms with van der Waals surface area (Å²) in [6.07, 6.45) is 38.8. The van der Waals surface area contributed by atoms with E-state index in [2.05, 4.69) is 287 Å². The Hall–Kier alpha value is -4.88. The Bertz CT molecular complexity index is 3940. The van der Waals surface area contributed by atoms with Crippen molar-refractivity contribution in [3.05, 3.63) is 227 Å². The van der Waals surface area contributed by atoms with Gasteiger partial charge in [0, 0.05) is 56.9 Å². The molecule has 111 heavy (non-hydrogen) atoms. The Kier molecular flexibility index (Phi) is 32.5. The third kappa shape index (κ3) is 21.7. The number of fused-ring (bicyclic) bond motifs is 6. The number of carbonyl (C=O) groups is 1. The number of unbranched alkanes of at least 4 members (excludes halogenated alkanes) is 20. The van der Waals surface area contributed by atoms with Crippen LogP contribution >= 0.6 is 63.7 Å². The van der Waals surface area contributed by atoms with Crippen molar-refractivity contribution in [2.45, 2.75) is 322 Å². The van der Waals surface area contributed by atoms with E-state index in [-0.39, 0.29) is 39.0 Å². The Labute approximate surface area is 705 Å². The molecule has 0 amide bonds. The van der Waals surface area contributed by atoms with Gasteiger partial charge in [-0.2, -0.15) is 0 Å². The zero-order chi connectivity index (χ0) is 79.6. The molecule has 8 aromatic rings. The van der Waals surface area contributed by atoms with Gasteiger partial charge in [0.2, 0.25) is 0 Å². The van der Waals surface area contributed by atoms with Crippen LogP contribution in [0.2, 0.25) is 0 Å². The monoisotopic (exact) mass is 1750 g/mol. The van der Waals surface area contributed by atoms with Crippen LogP contribution in [0.1, 0.15) is 333 Å². The molecule has 4 aliphatic rings. The van der Waals surface area contributed by atoms with Crippen molar-refractivity contribution in [3.63, 3.8) is 0 Å². The second-order valence-corrected chi connectivity index (χ2v) is 38.2. The molecule has 0 aromatic heterocycles. The molecule has 2 fully saturated rings. The Morgan fingerprint density at radius 3 is 0.901 bits per heavy atom. The largest absolute Gasteiger partial charge is 0.494 e. The summed E-state index contributed by atoms with van der Waals surface area (Å²) in [5.41, 5.74) is 19.4. The predicted octanol–water partition coefficient (Wildman–Crippen LogP) is 30.5. The maximum atomic E-state index is 12.0. The van der Waals surface area contributed by atoms with Crippen LogP contribution in [0.5, 0.6) is 0 Å². The topological polar surface area (TPSA) is 57.2 Å². The number of anilines is 3. The molecule has 2 saturated heterocycles. The SMILES string of the molecule is CCC(C)c1ccc(N(c2ccc(B3OC(C)(C)C(C)(C)O3)cc2)c2ccc(B3OC(C)(C)C(C)(C)O3)cc2)cc1.CCCCCCCCC1(CCCCCCCC)c2cc(Br)ccc2-c2cc3c(cc21)-c1ccc(Br)cc1C3(CCCCCCCC)CCCCCCCC.O=C(c1ccc(Br)cc1)c1ccc(Br)cc1. The van der Waals surface area contributed by atoms with Gasteiger partial charge in [-0.25, -0.2) is 0 Å². The number of nitrogens with zero attached hydrogens (tertiary/aromatic N) is 1. The van der Waals surface area contributed by atoms with Crippen molar-refractivity contribution in [3.8, 4) is 22.3 Å². The van der Waals surface area contributed by atoms with Crippen molar-refractivity contribution >= 4 is 112 Å². The molecule has 12 rings (SSSR count). The minimum absolute atomic E-state index is 0.0417. The van der Waals surface area contributed by atoms with Crippen LogP contribution in [-0.4, -0.2) is 42.4 Å². The maximum Gasteiger partial charge on any atom is 0.494 e. The van der Waals surface area contributed by atoms with Gasteiger partial charge in [0.15, 0.2) is 5.78 Å². The Balaban J connectivity index is 0.000000201. The third-order valence-corrected chi connectivity index (χ3v) is 27.5. The molecule has 2 heterocycles. The highest BCUT2D eigenvalue weighted by Crippen LogP contribution is 2.62. The van der Waals surface area contributed by atoms with Crippen LogP contribution in [0.25, 0.3) is 22.3 Å².